The van der Waals surface area contributed by atoms with Crippen molar-refractivity contribution in [2.24, 2.45) is 5.92 Å². The number of benzene rings is 1. The molecule has 0 spiro atoms. The molecule has 0 unspecified atom stereocenters. The number of carbonyl (C=O) groups excluding carboxylic acids is 1. The van der Waals surface area contributed by atoms with E-state index in [-0.39, 0.29) is 17.8 Å². The number of hydrogen-bond donors (Lipinski definition) is 0. The van der Waals surface area contributed by atoms with Crippen LogP contribution in [0.4, 0.5) is 0 Å². The molecule has 0 heterocycles. The van der Waals surface area contributed by atoms with Crippen LogP contribution in [0.2, 0.25) is 0 Å². The van der Waals surface area contributed by atoms with Gasteiger partial charge in [-0.25, -0.2) is 0 Å². The van der Waals surface area contributed by atoms with Crippen molar-refractivity contribution < 1.29 is 9.53 Å². The van der Waals surface area contributed by atoms with Gasteiger partial charge < -0.3 is 4.74 Å². The van der Waals surface area contributed by atoms with E-state index < -0.39 is 0 Å². The number of esters is 1. The van der Waals surface area contributed by atoms with Crippen LogP contribution in [0.15, 0.2) is 30.3 Å². The molecular weight excluding hydrogens is 188 g/mol. The number of rotatable bonds is 4. The maximum Gasteiger partial charge on any atom is 0.308 e. The van der Waals surface area contributed by atoms with Crippen molar-refractivity contribution in [2.75, 3.05) is 6.61 Å². The maximum atomic E-state index is 11.3. The second-order valence-electron chi connectivity index (χ2n) is 4.10. The first-order valence-electron chi connectivity index (χ1n) is 5.33. The van der Waals surface area contributed by atoms with Gasteiger partial charge in [0.2, 0.25) is 0 Å². The molecule has 0 radical (unpaired) electrons. The normalized spacial score (nSPS) is 12.5. The predicted octanol–water partition coefficient (Wildman–Crippen LogP) is 2.99. The van der Waals surface area contributed by atoms with Crippen molar-refractivity contribution in [1.29, 1.82) is 0 Å². The molecule has 1 aromatic rings. The van der Waals surface area contributed by atoms with E-state index in [4.69, 9.17) is 4.74 Å². The van der Waals surface area contributed by atoms with Gasteiger partial charge in [0, 0.05) is 5.92 Å². The van der Waals surface area contributed by atoms with E-state index >= 15 is 0 Å². The zero-order valence-electron chi connectivity index (χ0n) is 9.57. The maximum absolute atomic E-state index is 11.3. The molecule has 0 bridgehead atoms. The lowest BCUT2D eigenvalue weighted by molar-refractivity contribution is -0.147. The fraction of sp³-hybridized carbons (Fsp3) is 0.462. The van der Waals surface area contributed by atoms with Gasteiger partial charge in [-0.3, -0.25) is 4.79 Å². The van der Waals surface area contributed by atoms with Gasteiger partial charge in [0.15, 0.2) is 0 Å². The second-order valence-corrected chi connectivity index (χ2v) is 4.10. The molecule has 1 aromatic carbocycles. The lowest BCUT2D eigenvalue weighted by Crippen LogP contribution is -2.15. The SMILES string of the molecule is CC(C)C(=O)OC[C@@H](C)c1ccccc1. The van der Waals surface area contributed by atoms with E-state index in [0.29, 0.717) is 6.61 Å². The summed E-state index contributed by atoms with van der Waals surface area (Å²) in [5.41, 5.74) is 1.20. The van der Waals surface area contributed by atoms with Crippen LogP contribution < -0.4 is 0 Å². The van der Waals surface area contributed by atoms with Crippen LogP contribution in [0.5, 0.6) is 0 Å². The van der Waals surface area contributed by atoms with Gasteiger partial charge >= 0.3 is 5.97 Å². The fourth-order valence-electron chi connectivity index (χ4n) is 1.25. The Morgan fingerprint density at radius 3 is 2.33 bits per heavy atom. The summed E-state index contributed by atoms with van der Waals surface area (Å²) in [4.78, 5) is 11.3. The molecule has 2 heteroatoms. The zero-order valence-corrected chi connectivity index (χ0v) is 9.57. The first-order valence-corrected chi connectivity index (χ1v) is 5.33. The molecule has 0 aliphatic rings. The lowest BCUT2D eigenvalue weighted by Gasteiger charge is -2.13. The summed E-state index contributed by atoms with van der Waals surface area (Å²) in [6.07, 6.45) is 0. The zero-order chi connectivity index (χ0) is 11.3. The molecule has 0 amide bonds. The van der Waals surface area contributed by atoms with E-state index in [1.807, 2.05) is 44.2 Å². The highest BCUT2D eigenvalue weighted by Gasteiger charge is 2.11. The summed E-state index contributed by atoms with van der Waals surface area (Å²) in [6.45, 7) is 6.20. The van der Waals surface area contributed by atoms with E-state index in [2.05, 4.69) is 6.92 Å². The molecule has 0 saturated carbocycles. The van der Waals surface area contributed by atoms with Gasteiger partial charge in [-0.15, -0.1) is 0 Å². The van der Waals surface area contributed by atoms with Gasteiger partial charge in [-0.05, 0) is 5.56 Å². The van der Waals surface area contributed by atoms with E-state index in [0.717, 1.165) is 0 Å². The van der Waals surface area contributed by atoms with Crippen molar-refractivity contribution in [3.63, 3.8) is 0 Å². The third kappa shape index (κ3) is 3.74. The Labute approximate surface area is 91.3 Å². The largest absolute Gasteiger partial charge is 0.465 e. The van der Waals surface area contributed by atoms with E-state index in [1.54, 1.807) is 0 Å². The quantitative estimate of drug-likeness (QED) is 0.708. The Kier molecular flexibility index (Phi) is 4.35. The van der Waals surface area contributed by atoms with Crippen molar-refractivity contribution >= 4 is 5.97 Å². The van der Waals surface area contributed by atoms with Crippen LogP contribution in [-0.4, -0.2) is 12.6 Å². The average Bonchev–Trinajstić information content (AvgIpc) is 2.26. The topological polar surface area (TPSA) is 26.3 Å². The molecule has 0 aliphatic heterocycles. The molecular formula is C13H18O2. The Hall–Kier alpha value is -1.31. The first-order chi connectivity index (χ1) is 7.11. The molecule has 15 heavy (non-hydrogen) atoms. The summed E-state index contributed by atoms with van der Waals surface area (Å²) in [6, 6.07) is 10.1. The summed E-state index contributed by atoms with van der Waals surface area (Å²) >= 11 is 0. The van der Waals surface area contributed by atoms with Crippen LogP contribution in [0, 0.1) is 5.92 Å². The van der Waals surface area contributed by atoms with Crippen LogP contribution in [-0.2, 0) is 9.53 Å². The molecule has 0 fully saturated rings. The minimum atomic E-state index is -0.127. The third-order valence-electron chi connectivity index (χ3n) is 2.32. The highest BCUT2D eigenvalue weighted by atomic mass is 16.5. The molecule has 0 N–H and O–H groups in total. The summed E-state index contributed by atoms with van der Waals surface area (Å²) in [7, 11) is 0. The van der Waals surface area contributed by atoms with Crippen molar-refractivity contribution in [3.05, 3.63) is 35.9 Å². The van der Waals surface area contributed by atoms with Crippen LogP contribution in [0.3, 0.4) is 0 Å². The van der Waals surface area contributed by atoms with Crippen molar-refractivity contribution in [1.82, 2.24) is 0 Å². The van der Waals surface area contributed by atoms with Crippen molar-refractivity contribution in [3.8, 4) is 0 Å². The third-order valence-corrected chi connectivity index (χ3v) is 2.32. The van der Waals surface area contributed by atoms with Gasteiger partial charge in [0.1, 0.15) is 0 Å². The predicted molar refractivity (Wildman–Crippen MR) is 60.7 cm³/mol. The molecule has 1 rings (SSSR count). The highest BCUT2D eigenvalue weighted by Crippen LogP contribution is 2.15. The molecule has 1 atom stereocenters. The Morgan fingerprint density at radius 2 is 1.80 bits per heavy atom. The van der Waals surface area contributed by atoms with Gasteiger partial charge in [0.05, 0.1) is 12.5 Å². The van der Waals surface area contributed by atoms with Crippen LogP contribution in [0.25, 0.3) is 0 Å². The second kappa shape index (κ2) is 5.54. The Balaban J connectivity index is 2.44. The number of hydrogen-bond acceptors (Lipinski definition) is 2. The average molecular weight is 206 g/mol. The molecule has 2 nitrogen and oxygen atoms in total. The minimum Gasteiger partial charge on any atom is -0.465 e. The van der Waals surface area contributed by atoms with Crippen molar-refractivity contribution in [2.45, 2.75) is 26.7 Å². The Morgan fingerprint density at radius 1 is 1.20 bits per heavy atom. The van der Waals surface area contributed by atoms with E-state index in [9.17, 15) is 4.79 Å². The van der Waals surface area contributed by atoms with Crippen LogP contribution >= 0.6 is 0 Å². The molecule has 0 saturated heterocycles. The van der Waals surface area contributed by atoms with Gasteiger partial charge in [0.25, 0.3) is 0 Å². The molecule has 0 aliphatic carbocycles. The fourth-order valence-corrected chi connectivity index (χ4v) is 1.25. The Bertz CT molecular complexity index is 304. The van der Waals surface area contributed by atoms with Crippen LogP contribution in [0.1, 0.15) is 32.3 Å². The molecule has 82 valence electrons. The minimum absolute atomic E-state index is 0.0482. The standard InChI is InChI=1S/C13H18O2/c1-10(2)13(14)15-9-11(3)12-7-5-4-6-8-12/h4-8,10-11H,9H2,1-3H3/t11-/m1/s1. The number of carbonyl (C=O) groups is 1. The summed E-state index contributed by atoms with van der Waals surface area (Å²) in [5.74, 6) is 0.0830. The summed E-state index contributed by atoms with van der Waals surface area (Å²) < 4.78 is 5.18. The lowest BCUT2D eigenvalue weighted by atomic mass is 10.0. The summed E-state index contributed by atoms with van der Waals surface area (Å²) in [5, 5.41) is 0. The molecule has 0 aromatic heterocycles. The number of ether oxygens (including phenoxy) is 1. The van der Waals surface area contributed by atoms with E-state index in [1.165, 1.54) is 5.56 Å². The smallest absolute Gasteiger partial charge is 0.308 e. The highest BCUT2D eigenvalue weighted by molar-refractivity contribution is 5.71. The first kappa shape index (κ1) is 11.8. The monoisotopic (exact) mass is 206 g/mol. The van der Waals surface area contributed by atoms with Gasteiger partial charge in [-0.2, -0.15) is 0 Å². The van der Waals surface area contributed by atoms with Gasteiger partial charge in [-0.1, -0.05) is 51.1 Å².